The van der Waals surface area contributed by atoms with E-state index in [0.29, 0.717) is 24.1 Å². The third-order valence-electron chi connectivity index (χ3n) is 4.81. The molecule has 1 N–H and O–H groups in total. The van der Waals surface area contributed by atoms with Crippen molar-refractivity contribution in [1.82, 2.24) is 14.8 Å². The SMILES string of the molecule is CC(C)CC(CNC(=O)c1cccc(-n2cccc2)c1)N1CCOCC1. The van der Waals surface area contributed by atoms with E-state index in [0.717, 1.165) is 38.4 Å². The van der Waals surface area contributed by atoms with Crippen LogP contribution in [0.5, 0.6) is 0 Å². The van der Waals surface area contributed by atoms with Crippen LogP contribution in [-0.4, -0.2) is 54.3 Å². The Morgan fingerprint density at radius 2 is 1.88 bits per heavy atom. The van der Waals surface area contributed by atoms with Crippen LogP contribution < -0.4 is 5.32 Å². The molecule has 1 fully saturated rings. The summed E-state index contributed by atoms with van der Waals surface area (Å²) in [5.74, 6) is 0.581. The maximum absolute atomic E-state index is 12.7. The topological polar surface area (TPSA) is 46.5 Å². The predicted octanol–water partition coefficient (Wildman–Crippen LogP) is 2.95. The standard InChI is InChI=1S/C21H29N3O2/c1-17(2)14-20(24-10-12-26-13-11-24)16-22-21(25)18-6-5-7-19(15-18)23-8-3-4-9-23/h3-9,15,17,20H,10-14,16H2,1-2H3,(H,22,25). The van der Waals surface area contributed by atoms with E-state index in [1.807, 2.05) is 53.4 Å². The number of ether oxygens (including phenoxy) is 1. The van der Waals surface area contributed by atoms with Crippen molar-refractivity contribution < 1.29 is 9.53 Å². The molecule has 0 bridgehead atoms. The van der Waals surface area contributed by atoms with Gasteiger partial charge in [-0.1, -0.05) is 19.9 Å². The largest absolute Gasteiger partial charge is 0.379 e. The third kappa shape index (κ3) is 4.96. The van der Waals surface area contributed by atoms with E-state index < -0.39 is 0 Å². The molecule has 1 unspecified atom stereocenters. The molecule has 0 radical (unpaired) electrons. The van der Waals surface area contributed by atoms with Gasteiger partial charge < -0.3 is 14.6 Å². The number of carbonyl (C=O) groups is 1. The van der Waals surface area contributed by atoms with Gasteiger partial charge in [0.25, 0.3) is 5.91 Å². The fraction of sp³-hybridized carbons (Fsp3) is 0.476. The highest BCUT2D eigenvalue weighted by Crippen LogP contribution is 2.14. The van der Waals surface area contributed by atoms with Gasteiger partial charge in [0, 0.05) is 49.3 Å². The number of amides is 1. The zero-order valence-corrected chi connectivity index (χ0v) is 15.7. The highest BCUT2D eigenvalue weighted by molar-refractivity contribution is 5.94. The molecule has 1 aliphatic rings. The molecule has 1 saturated heterocycles. The highest BCUT2D eigenvalue weighted by Gasteiger charge is 2.22. The van der Waals surface area contributed by atoms with Crippen molar-refractivity contribution in [3.05, 3.63) is 54.4 Å². The number of nitrogens with one attached hydrogen (secondary N) is 1. The van der Waals surface area contributed by atoms with Crippen LogP contribution in [0.2, 0.25) is 0 Å². The fourth-order valence-electron chi connectivity index (χ4n) is 3.48. The molecular weight excluding hydrogens is 326 g/mol. The summed E-state index contributed by atoms with van der Waals surface area (Å²) in [5.41, 5.74) is 1.69. The molecule has 1 aliphatic heterocycles. The molecule has 1 aromatic heterocycles. The summed E-state index contributed by atoms with van der Waals surface area (Å²) in [5, 5.41) is 3.14. The molecule has 26 heavy (non-hydrogen) atoms. The summed E-state index contributed by atoms with van der Waals surface area (Å²) in [4.78, 5) is 15.1. The number of rotatable bonds is 7. The van der Waals surface area contributed by atoms with Crippen LogP contribution in [0.3, 0.4) is 0 Å². The summed E-state index contributed by atoms with van der Waals surface area (Å²) in [6.07, 6.45) is 5.03. The Labute approximate surface area is 156 Å². The molecule has 5 nitrogen and oxygen atoms in total. The lowest BCUT2D eigenvalue weighted by atomic mass is 10.0. The smallest absolute Gasteiger partial charge is 0.251 e. The highest BCUT2D eigenvalue weighted by atomic mass is 16.5. The molecule has 0 spiro atoms. The molecule has 5 heteroatoms. The average Bonchev–Trinajstić information content (AvgIpc) is 3.20. The van der Waals surface area contributed by atoms with Crippen LogP contribution in [0, 0.1) is 5.92 Å². The van der Waals surface area contributed by atoms with Gasteiger partial charge in [0.05, 0.1) is 13.2 Å². The lowest BCUT2D eigenvalue weighted by Gasteiger charge is -2.35. The quantitative estimate of drug-likeness (QED) is 0.831. The second-order valence-electron chi connectivity index (χ2n) is 7.28. The summed E-state index contributed by atoms with van der Waals surface area (Å²) in [7, 11) is 0. The van der Waals surface area contributed by atoms with Gasteiger partial charge in [0.2, 0.25) is 0 Å². The van der Waals surface area contributed by atoms with Crippen molar-refractivity contribution in [3.8, 4) is 5.69 Å². The van der Waals surface area contributed by atoms with Gasteiger partial charge in [-0.3, -0.25) is 9.69 Å². The number of nitrogens with zero attached hydrogens (tertiary/aromatic N) is 2. The minimum Gasteiger partial charge on any atom is -0.379 e. The van der Waals surface area contributed by atoms with Gasteiger partial charge >= 0.3 is 0 Å². The second kappa shape index (κ2) is 9.01. The minimum absolute atomic E-state index is 0.0129. The van der Waals surface area contributed by atoms with Crippen LogP contribution in [0.4, 0.5) is 0 Å². The summed E-state index contributed by atoms with van der Waals surface area (Å²) in [6, 6.07) is 12.0. The van der Waals surface area contributed by atoms with Crippen molar-refractivity contribution >= 4 is 5.91 Å². The van der Waals surface area contributed by atoms with Crippen molar-refractivity contribution in [2.75, 3.05) is 32.8 Å². The first kappa shape index (κ1) is 18.7. The molecule has 3 rings (SSSR count). The first-order chi connectivity index (χ1) is 12.6. The zero-order chi connectivity index (χ0) is 18.4. The van der Waals surface area contributed by atoms with Crippen LogP contribution in [0.15, 0.2) is 48.8 Å². The second-order valence-corrected chi connectivity index (χ2v) is 7.28. The molecule has 1 amide bonds. The van der Waals surface area contributed by atoms with Crippen molar-refractivity contribution in [2.45, 2.75) is 26.3 Å². The van der Waals surface area contributed by atoms with Crippen molar-refractivity contribution in [2.24, 2.45) is 5.92 Å². The number of carbonyl (C=O) groups excluding carboxylic acids is 1. The molecule has 1 aromatic carbocycles. The Morgan fingerprint density at radius 3 is 2.58 bits per heavy atom. The van der Waals surface area contributed by atoms with E-state index in [2.05, 4.69) is 24.1 Å². The maximum atomic E-state index is 12.7. The number of morpholine rings is 1. The monoisotopic (exact) mass is 355 g/mol. The summed E-state index contributed by atoms with van der Waals surface area (Å²) < 4.78 is 7.47. The maximum Gasteiger partial charge on any atom is 0.251 e. The average molecular weight is 355 g/mol. The zero-order valence-electron chi connectivity index (χ0n) is 15.7. The normalized spacial score (nSPS) is 16.6. The molecule has 2 aromatic rings. The van der Waals surface area contributed by atoms with Crippen molar-refractivity contribution in [1.29, 1.82) is 0 Å². The Bertz CT molecular complexity index is 691. The van der Waals surface area contributed by atoms with Crippen LogP contribution >= 0.6 is 0 Å². The van der Waals surface area contributed by atoms with E-state index in [1.165, 1.54) is 0 Å². The van der Waals surface area contributed by atoms with Gasteiger partial charge in [-0.2, -0.15) is 0 Å². The first-order valence-electron chi connectivity index (χ1n) is 9.47. The molecule has 140 valence electrons. The van der Waals surface area contributed by atoms with Gasteiger partial charge in [0.1, 0.15) is 0 Å². The van der Waals surface area contributed by atoms with Crippen LogP contribution in [0.25, 0.3) is 5.69 Å². The number of hydrogen-bond donors (Lipinski definition) is 1. The molecule has 1 atom stereocenters. The van der Waals surface area contributed by atoms with E-state index in [1.54, 1.807) is 0 Å². The van der Waals surface area contributed by atoms with E-state index >= 15 is 0 Å². The Hall–Kier alpha value is -2.11. The number of aromatic nitrogens is 1. The minimum atomic E-state index is -0.0129. The summed E-state index contributed by atoms with van der Waals surface area (Å²) in [6.45, 7) is 8.58. The van der Waals surface area contributed by atoms with Crippen molar-refractivity contribution in [3.63, 3.8) is 0 Å². The fourth-order valence-corrected chi connectivity index (χ4v) is 3.48. The number of hydrogen-bond acceptors (Lipinski definition) is 3. The first-order valence-corrected chi connectivity index (χ1v) is 9.47. The molecule has 0 aliphatic carbocycles. The molecular formula is C21H29N3O2. The molecule has 2 heterocycles. The van der Waals surface area contributed by atoms with Crippen LogP contribution in [-0.2, 0) is 4.74 Å². The van der Waals surface area contributed by atoms with Crippen LogP contribution in [0.1, 0.15) is 30.6 Å². The van der Waals surface area contributed by atoms with Gasteiger partial charge in [0.15, 0.2) is 0 Å². The predicted molar refractivity (Wildman–Crippen MR) is 104 cm³/mol. The van der Waals surface area contributed by atoms with E-state index in [-0.39, 0.29) is 5.91 Å². The van der Waals surface area contributed by atoms with E-state index in [9.17, 15) is 4.79 Å². The van der Waals surface area contributed by atoms with Gasteiger partial charge in [-0.05, 0) is 42.7 Å². The lowest BCUT2D eigenvalue weighted by molar-refractivity contribution is 0.0124. The Morgan fingerprint density at radius 1 is 1.15 bits per heavy atom. The Balaban J connectivity index is 1.63. The molecule has 0 saturated carbocycles. The third-order valence-corrected chi connectivity index (χ3v) is 4.81. The number of benzene rings is 1. The Kier molecular flexibility index (Phi) is 6.47. The van der Waals surface area contributed by atoms with Gasteiger partial charge in [-0.15, -0.1) is 0 Å². The van der Waals surface area contributed by atoms with E-state index in [4.69, 9.17) is 4.74 Å². The summed E-state index contributed by atoms with van der Waals surface area (Å²) >= 11 is 0. The van der Waals surface area contributed by atoms with Gasteiger partial charge in [-0.25, -0.2) is 0 Å². The lowest BCUT2D eigenvalue weighted by Crippen LogP contribution is -2.49.